The van der Waals surface area contributed by atoms with E-state index in [0.29, 0.717) is 23.6 Å². The van der Waals surface area contributed by atoms with Crippen molar-refractivity contribution in [3.63, 3.8) is 0 Å². The van der Waals surface area contributed by atoms with E-state index >= 15 is 0 Å². The fraction of sp³-hybridized carbons (Fsp3) is 0.294. The summed E-state index contributed by atoms with van der Waals surface area (Å²) in [6.45, 7) is 0.610. The number of pyridine rings is 1. The molecule has 1 aromatic rings. The third kappa shape index (κ3) is 5.08. The van der Waals surface area contributed by atoms with Crippen molar-refractivity contribution in [1.29, 1.82) is 0 Å². The molecule has 0 aliphatic heterocycles. The minimum Gasteiger partial charge on any atom is -0.497 e. The van der Waals surface area contributed by atoms with Gasteiger partial charge < -0.3 is 14.2 Å². The summed E-state index contributed by atoms with van der Waals surface area (Å²) in [5.41, 5.74) is 1.39. The van der Waals surface area contributed by atoms with E-state index in [0.717, 1.165) is 6.42 Å². The van der Waals surface area contributed by atoms with Gasteiger partial charge in [-0.25, -0.2) is 9.78 Å². The van der Waals surface area contributed by atoms with Crippen molar-refractivity contribution in [3.05, 3.63) is 41.7 Å². The second kappa shape index (κ2) is 9.37. The Bertz CT molecular complexity index is 612. The van der Waals surface area contributed by atoms with E-state index in [1.165, 1.54) is 20.3 Å². The topological polar surface area (TPSA) is 57.7 Å². The lowest BCUT2D eigenvalue weighted by molar-refractivity contribution is 0.0593. The Hall–Kier alpha value is -2.58. The number of carbonyl (C=O) groups excluding carboxylic acids is 1. The van der Waals surface area contributed by atoms with E-state index in [-0.39, 0.29) is 5.69 Å². The normalized spacial score (nSPS) is 11.3. The molecule has 0 radical (unpaired) electrons. The summed E-state index contributed by atoms with van der Waals surface area (Å²) in [5.74, 6) is 2.43. The summed E-state index contributed by atoms with van der Waals surface area (Å²) < 4.78 is 14.9. The van der Waals surface area contributed by atoms with Gasteiger partial charge in [0.2, 0.25) is 0 Å². The molecule has 1 aromatic heterocycles. The van der Waals surface area contributed by atoms with E-state index in [1.54, 1.807) is 19.3 Å². The Balaban J connectivity index is 3.19. The largest absolute Gasteiger partial charge is 0.497 e. The predicted octanol–water partition coefficient (Wildman–Crippen LogP) is 2.49. The molecule has 22 heavy (non-hydrogen) atoms. The number of allylic oxidation sites excluding steroid dienone is 3. The lowest BCUT2D eigenvalue weighted by Crippen LogP contribution is -2.06. The minimum atomic E-state index is -0.538. The maximum Gasteiger partial charge on any atom is 0.356 e. The average Bonchev–Trinajstić information content (AvgIpc) is 2.56. The average molecular weight is 301 g/mol. The van der Waals surface area contributed by atoms with Crippen LogP contribution in [-0.2, 0) is 9.47 Å². The molecule has 1 rings (SSSR count). The summed E-state index contributed by atoms with van der Waals surface area (Å²) in [6, 6.07) is 3.22. The second-order valence-electron chi connectivity index (χ2n) is 4.22. The van der Waals surface area contributed by atoms with E-state index in [2.05, 4.69) is 10.9 Å². The zero-order valence-electron chi connectivity index (χ0n) is 13.0. The Morgan fingerprint density at radius 1 is 1.32 bits per heavy atom. The predicted molar refractivity (Wildman–Crippen MR) is 84.6 cm³/mol. The molecule has 0 fully saturated rings. The van der Waals surface area contributed by atoms with Crippen LogP contribution in [0.2, 0.25) is 0 Å². The summed E-state index contributed by atoms with van der Waals surface area (Å²) in [7, 11) is 4.45. The van der Waals surface area contributed by atoms with Crippen LogP contribution in [0.3, 0.4) is 0 Å². The molecule has 0 aromatic carbocycles. The molecule has 0 aliphatic carbocycles. The number of aromatic nitrogens is 1. The van der Waals surface area contributed by atoms with Gasteiger partial charge in [0.15, 0.2) is 5.69 Å². The van der Waals surface area contributed by atoms with Crippen LogP contribution in [0.25, 0.3) is 5.57 Å². The van der Waals surface area contributed by atoms with Crippen molar-refractivity contribution in [2.45, 2.75) is 6.42 Å². The maximum absolute atomic E-state index is 11.7. The second-order valence-corrected chi connectivity index (χ2v) is 4.22. The number of hydrogen-bond donors (Lipinski definition) is 0. The standard InChI is InChI=1S/C17H19NO4/c1-5-8-13(9-6-7-10-20-2)15-11-14(21-3)12-16(18-15)17(19)22-4/h1,6,8-9,11-12H,7,10H2,2-4H3/b9-6-,13-8+. The molecule has 0 saturated heterocycles. The van der Waals surface area contributed by atoms with Gasteiger partial charge in [0.05, 0.1) is 19.9 Å². The highest BCUT2D eigenvalue weighted by Gasteiger charge is 2.12. The van der Waals surface area contributed by atoms with Gasteiger partial charge in [-0.2, -0.15) is 0 Å². The van der Waals surface area contributed by atoms with Gasteiger partial charge in [0.25, 0.3) is 0 Å². The first-order valence-corrected chi connectivity index (χ1v) is 6.62. The van der Waals surface area contributed by atoms with Crippen molar-refractivity contribution in [1.82, 2.24) is 4.98 Å². The van der Waals surface area contributed by atoms with Crippen LogP contribution in [-0.4, -0.2) is 38.9 Å². The first-order valence-electron chi connectivity index (χ1n) is 6.62. The van der Waals surface area contributed by atoms with Gasteiger partial charge in [0, 0.05) is 31.4 Å². The molecular formula is C17H19NO4. The SMILES string of the molecule is C#C/C=C(\C=C/CCOC)c1cc(OC)cc(C(=O)OC)n1. The number of carbonyl (C=O) groups is 1. The molecule has 0 amide bonds. The molecule has 0 atom stereocenters. The monoisotopic (exact) mass is 301 g/mol. The molecule has 5 heteroatoms. The van der Waals surface area contributed by atoms with Crippen LogP contribution in [0.4, 0.5) is 0 Å². The van der Waals surface area contributed by atoms with Crippen LogP contribution in [0.5, 0.6) is 5.75 Å². The van der Waals surface area contributed by atoms with E-state index in [4.69, 9.17) is 20.6 Å². The molecular weight excluding hydrogens is 282 g/mol. The van der Waals surface area contributed by atoms with E-state index in [1.807, 2.05) is 12.2 Å². The van der Waals surface area contributed by atoms with E-state index in [9.17, 15) is 4.79 Å². The van der Waals surface area contributed by atoms with Gasteiger partial charge in [-0.15, -0.1) is 6.42 Å². The molecule has 0 N–H and O–H groups in total. The van der Waals surface area contributed by atoms with Gasteiger partial charge in [0.1, 0.15) is 5.75 Å². The van der Waals surface area contributed by atoms with Crippen LogP contribution in [0.15, 0.2) is 30.4 Å². The van der Waals surface area contributed by atoms with Crippen molar-refractivity contribution in [2.24, 2.45) is 0 Å². The third-order valence-electron chi connectivity index (χ3n) is 2.75. The van der Waals surface area contributed by atoms with Crippen molar-refractivity contribution < 1.29 is 19.0 Å². The van der Waals surface area contributed by atoms with Crippen LogP contribution in [0, 0.1) is 12.3 Å². The van der Waals surface area contributed by atoms with Gasteiger partial charge >= 0.3 is 5.97 Å². The summed E-state index contributed by atoms with van der Waals surface area (Å²) >= 11 is 0. The van der Waals surface area contributed by atoms with Crippen LogP contribution in [0.1, 0.15) is 22.6 Å². The van der Waals surface area contributed by atoms with Gasteiger partial charge in [-0.1, -0.05) is 18.1 Å². The number of ether oxygens (including phenoxy) is 3. The van der Waals surface area contributed by atoms with Crippen molar-refractivity contribution in [2.75, 3.05) is 27.9 Å². The zero-order chi connectivity index (χ0) is 16.4. The molecule has 0 aliphatic rings. The third-order valence-corrected chi connectivity index (χ3v) is 2.75. The lowest BCUT2D eigenvalue weighted by atomic mass is 10.1. The highest BCUT2D eigenvalue weighted by Crippen LogP contribution is 2.21. The highest BCUT2D eigenvalue weighted by atomic mass is 16.5. The molecule has 0 bridgehead atoms. The molecule has 116 valence electrons. The molecule has 0 spiro atoms. The number of terminal acetylenes is 1. The van der Waals surface area contributed by atoms with Crippen LogP contribution >= 0.6 is 0 Å². The summed E-state index contributed by atoms with van der Waals surface area (Å²) in [4.78, 5) is 15.9. The lowest BCUT2D eigenvalue weighted by Gasteiger charge is -2.07. The number of nitrogens with zero attached hydrogens (tertiary/aromatic N) is 1. The number of esters is 1. The van der Waals surface area contributed by atoms with Crippen molar-refractivity contribution in [3.8, 4) is 18.1 Å². The first-order chi connectivity index (χ1) is 10.7. The minimum absolute atomic E-state index is 0.157. The van der Waals surface area contributed by atoms with Crippen molar-refractivity contribution >= 4 is 11.5 Å². The Morgan fingerprint density at radius 3 is 2.64 bits per heavy atom. The zero-order valence-corrected chi connectivity index (χ0v) is 13.0. The van der Waals surface area contributed by atoms with Crippen LogP contribution < -0.4 is 4.74 Å². The summed E-state index contributed by atoms with van der Waals surface area (Å²) in [5, 5.41) is 0. The fourth-order valence-electron chi connectivity index (χ4n) is 1.67. The number of methoxy groups -OCH3 is 3. The van der Waals surface area contributed by atoms with Gasteiger partial charge in [-0.3, -0.25) is 0 Å². The fourth-order valence-corrected chi connectivity index (χ4v) is 1.67. The Morgan fingerprint density at radius 2 is 2.05 bits per heavy atom. The molecule has 5 nitrogen and oxygen atoms in total. The van der Waals surface area contributed by atoms with E-state index < -0.39 is 5.97 Å². The Kier molecular flexibility index (Phi) is 7.44. The molecule has 1 heterocycles. The number of hydrogen-bond acceptors (Lipinski definition) is 5. The quantitative estimate of drug-likeness (QED) is 0.335. The molecule has 0 unspecified atom stereocenters. The smallest absolute Gasteiger partial charge is 0.356 e. The summed E-state index contributed by atoms with van der Waals surface area (Å²) in [6.07, 6.45) is 11.4. The maximum atomic E-state index is 11.7. The Labute approximate surface area is 130 Å². The molecule has 0 saturated carbocycles. The number of rotatable bonds is 7. The highest BCUT2D eigenvalue weighted by molar-refractivity contribution is 5.88. The first kappa shape index (κ1) is 17.5. The van der Waals surface area contributed by atoms with Gasteiger partial charge in [-0.05, 0) is 12.5 Å².